The number of carbonyl (C=O) groups is 1. The fourth-order valence-corrected chi connectivity index (χ4v) is 2.05. The van der Waals surface area contributed by atoms with Gasteiger partial charge < -0.3 is 16.2 Å². The first-order valence-electron chi connectivity index (χ1n) is 5.88. The van der Waals surface area contributed by atoms with Crippen molar-refractivity contribution in [1.29, 1.82) is 0 Å². The summed E-state index contributed by atoms with van der Waals surface area (Å²) in [5.74, 6) is -0.370. The zero-order valence-electron chi connectivity index (χ0n) is 10.9. The maximum atomic E-state index is 11.8. The van der Waals surface area contributed by atoms with E-state index in [4.69, 9.17) is 16.2 Å². The highest BCUT2D eigenvalue weighted by molar-refractivity contribution is 5.98. The minimum absolute atomic E-state index is 0.370. The molecular weight excluding hydrogens is 240 g/mol. The van der Waals surface area contributed by atoms with Gasteiger partial charge in [0.1, 0.15) is 0 Å². The third-order valence-corrected chi connectivity index (χ3v) is 3.17. The van der Waals surface area contributed by atoms with Crippen molar-refractivity contribution in [2.24, 2.45) is 0 Å². The molecule has 0 aromatic heterocycles. The van der Waals surface area contributed by atoms with Crippen molar-refractivity contribution in [3.8, 4) is 11.1 Å². The summed E-state index contributed by atoms with van der Waals surface area (Å²) in [6.07, 6.45) is 0. The smallest absolute Gasteiger partial charge is 0.338 e. The molecule has 2 aromatic rings. The first-order chi connectivity index (χ1) is 9.06. The molecule has 0 saturated heterocycles. The van der Waals surface area contributed by atoms with Crippen molar-refractivity contribution >= 4 is 17.3 Å². The van der Waals surface area contributed by atoms with E-state index in [1.165, 1.54) is 7.11 Å². The average Bonchev–Trinajstić information content (AvgIpc) is 2.44. The molecule has 0 bridgehead atoms. The van der Waals surface area contributed by atoms with Crippen LogP contribution in [0, 0.1) is 6.92 Å². The van der Waals surface area contributed by atoms with E-state index in [1.807, 2.05) is 25.1 Å². The minimum Gasteiger partial charge on any atom is -0.465 e. The van der Waals surface area contributed by atoms with Crippen LogP contribution < -0.4 is 11.5 Å². The number of methoxy groups -OCH3 is 1. The van der Waals surface area contributed by atoms with Gasteiger partial charge in [-0.15, -0.1) is 0 Å². The number of benzene rings is 2. The van der Waals surface area contributed by atoms with Gasteiger partial charge in [0.25, 0.3) is 0 Å². The van der Waals surface area contributed by atoms with Crippen molar-refractivity contribution in [2.75, 3.05) is 18.6 Å². The average molecular weight is 256 g/mol. The van der Waals surface area contributed by atoms with Crippen molar-refractivity contribution in [3.05, 3.63) is 47.5 Å². The molecule has 2 rings (SSSR count). The van der Waals surface area contributed by atoms with Crippen molar-refractivity contribution in [3.63, 3.8) is 0 Å². The van der Waals surface area contributed by atoms with Gasteiger partial charge in [-0.3, -0.25) is 0 Å². The Kier molecular flexibility index (Phi) is 3.42. The Balaban J connectivity index is 2.66. The number of rotatable bonds is 2. The highest BCUT2D eigenvalue weighted by Crippen LogP contribution is 2.32. The number of hydrogen-bond donors (Lipinski definition) is 2. The molecule has 0 unspecified atom stereocenters. The van der Waals surface area contributed by atoms with Gasteiger partial charge in [-0.05, 0) is 35.7 Å². The molecule has 2 aromatic carbocycles. The van der Waals surface area contributed by atoms with Crippen LogP contribution >= 0.6 is 0 Å². The summed E-state index contributed by atoms with van der Waals surface area (Å²) in [5.41, 5.74) is 15.8. The summed E-state index contributed by atoms with van der Waals surface area (Å²) in [6, 6.07) is 10.9. The monoisotopic (exact) mass is 256 g/mol. The van der Waals surface area contributed by atoms with Gasteiger partial charge in [-0.25, -0.2) is 4.79 Å². The summed E-state index contributed by atoms with van der Waals surface area (Å²) >= 11 is 0. The predicted molar refractivity (Wildman–Crippen MR) is 76.8 cm³/mol. The summed E-state index contributed by atoms with van der Waals surface area (Å²) in [7, 11) is 1.36. The number of nitrogens with two attached hydrogens (primary N) is 2. The molecule has 0 saturated carbocycles. The predicted octanol–water partition coefficient (Wildman–Crippen LogP) is 2.61. The summed E-state index contributed by atoms with van der Waals surface area (Å²) in [5, 5.41) is 0. The molecular formula is C15H16N2O2. The molecule has 98 valence electrons. The number of ether oxygens (including phenoxy) is 1. The summed E-state index contributed by atoms with van der Waals surface area (Å²) in [6.45, 7) is 1.88. The fraction of sp³-hybridized carbons (Fsp3) is 0.133. The van der Waals surface area contributed by atoms with Gasteiger partial charge in [0, 0.05) is 0 Å². The van der Waals surface area contributed by atoms with E-state index in [0.717, 1.165) is 16.7 Å². The van der Waals surface area contributed by atoms with Gasteiger partial charge in [0.2, 0.25) is 0 Å². The quantitative estimate of drug-likeness (QED) is 0.639. The van der Waals surface area contributed by atoms with E-state index in [1.54, 1.807) is 18.2 Å². The molecule has 0 radical (unpaired) electrons. The van der Waals surface area contributed by atoms with E-state index in [9.17, 15) is 4.79 Å². The van der Waals surface area contributed by atoms with Crippen molar-refractivity contribution in [1.82, 2.24) is 0 Å². The SMILES string of the molecule is COC(=O)c1ccccc1-c1ccc(N)c(N)c1C. The Hall–Kier alpha value is -2.49. The largest absolute Gasteiger partial charge is 0.465 e. The second kappa shape index (κ2) is 5.02. The van der Waals surface area contributed by atoms with Crippen LogP contribution in [0.1, 0.15) is 15.9 Å². The zero-order valence-corrected chi connectivity index (χ0v) is 10.9. The maximum absolute atomic E-state index is 11.8. The Morgan fingerprint density at radius 2 is 1.74 bits per heavy atom. The maximum Gasteiger partial charge on any atom is 0.338 e. The molecule has 4 nitrogen and oxygen atoms in total. The van der Waals surface area contributed by atoms with E-state index in [2.05, 4.69) is 0 Å². The normalized spacial score (nSPS) is 10.2. The third kappa shape index (κ3) is 2.25. The van der Waals surface area contributed by atoms with Crippen LogP contribution in [0.4, 0.5) is 11.4 Å². The second-order valence-corrected chi connectivity index (χ2v) is 4.28. The lowest BCUT2D eigenvalue weighted by Gasteiger charge is -2.13. The molecule has 0 spiro atoms. The number of hydrogen-bond acceptors (Lipinski definition) is 4. The number of esters is 1. The number of anilines is 2. The topological polar surface area (TPSA) is 78.3 Å². The summed E-state index contributed by atoms with van der Waals surface area (Å²) < 4.78 is 4.80. The van der Waals surface area contributed by atoms with E-state index < -0.39 is 0 Å². The first kappa shape index (κ1) is 13.0. The number of carbonyl (C=O) groups excluding carboxylic acids is 1. The minimum atomic E-state index is -0.370. The standard InChI is InChI=1S/C15H16N2O2/c1-9-10(7-8-13(16)14(9)17)11-5-3-4-6-12(11)15(18)19-2/h3-8H,16-17H2,1-2H3. The van der Waals surface area contributed by atoms with E-state index >= 15 is 0 Å². The first-order valence-corrected chi connectivity index (χ1v) is 5.88. The summed E-state index contributed by atoms with van der Waals surface area (Å²) in [4.78, 5) is 11.8. The molecule has 0 fully saturated rings. The zero-order chi connectivity index (χ0) is 14.0. The molecule has 0 aliphatic rings. The Morgan fingerprint density at radius 3 is 2.42 bits per heavy atom. The van der Waals surface area contributed by atoms with Gasteiger partial charge in [-0.2, -0.15) is 0 Å². The fourth-order valence-electron chi connectivity index (χ4n) is 2.05. The van der Waals surface area contributed by atoms with Crippen LogP contribution in [-0.4, -0.2) is 13.1 Å². The third-order valence-electron chi connectivity index (χ3n) is 3.17. The lowest BCUT2D eigenvalue weighted by molar-refractivity contribution is 0.0601. The van der Waals surface area contributed by atoms with E-state index in [-0.39, 0.29) is 5.97 Å². The highest BCUT2D eigenvalue weighted by atomic mass is 16.5. The Morgan fingerprint density at radius 1 is 1.05 bits per heavy atom. The molecule has 19 heavy (non-hydrogen) atoms. The molecule has 0 amide bonds. The van der Waals surface area contributed by atoms with Gasteiger partial charge in [0.15, 0.2) is 0 Å². The molecule has 0 aliphatic carbocycles. The Labute approximate surface area is 112 Å². The molecule has 0 aliphatic heterocycles. The van der Waals surface area contributed by atoms with Crippen LogP contribution in [0.25, 0.3) is 11.1 Å². The molecule has 0 atom stereocenters. The van der Waals surface area contributed by atoms with Crippen LogP contribution in [0.3, 0.4) is 0 Å². The van der Waals surface area contributed by atoms with Crippen LogP contribution in [0.5, 0.6) is 0 Å². The molecule has 0 heterocycles. The van der Waals surface area contributed by atoms with Crippen molar-refractivity contribution in [2.45, 2.75) is 6.92 Å². The molecule has 4 heteroatoms. The van der Waals surface area contributed by atoms with Gasteiger partial charge in [0.05, 0.1) is 24.0 Å². The van der Waals surface area contributed by atoms with E-state index in [0.29, 0.717) is 16.9 Å². The number of nitrogen functional groups attached to an aromatic ring is 2. The highest BCUT2D eigenvalue weighted by Gasteiger charge is 2.15. The lowest BCUT2D eigenvalue weighted by atomic mass is 9.94. The molecule has 4 N–H and O–H groups in total. The van der Waals surface area contributed by atoms with Crippen LogP contribution in [-0.2, 0) is 4.74 Å². The lowest BCUT2D eigenvalue weighted by Crippen LogP contribution is -2.05. The Bertz CT molecular complexity index is 636. The second-order valence-electron chi connectivity index (χ2n) is 4.28. The van der Waals surface area contributed by atoms with Gasteiger partial charge in [-0.1, -0.05) is 24.3 Å². The van der Waals surface area contributed by atoms with Crippen LogP contribution in [0.15, 0.2) is 36.4 Å². The van der Waals surface area contributed by atoms with Crippen LogP contribution in [0.2, 0.25) is 0 Å². The van der Waals surface area contributed by atoms with Gasteiger partial charge >= 0.3 is 5.97 Å². The van der Waals surface area contributed by atoms with Crippen molar-refractivity contribution < 1.29 is 9.53 Å².